The van der Waals surface area contributed by atoms with Crippen molar-refractivity contribution in [3.05, 3.63) is 23.2 Å². The first-order chi connectivity index (χ1) is 10.3. The highest BCUT2D eigenvalue weighted by molar-refractivity contribution is 7.88. The molecule has 7 heteroatoms. The Morgan fingerprint density at radius 2 is 2.09 bits per heavy atom. The second kappa shape index (κ2) is 5.96. The van der Waals surface area contributed by atoms with E-state index in [1.807, 2.05) is 13.8 Å². The van der Waals surface area contributed by atoms with Crippen LogP contribution in [0, 0.1) is 25.7 Å². The van der Waals surface area contributed by atoms with Crippen molar-refractivity contribution >= 4 is 10.0 Å². The molecule has 1 N–H and O–H groups in total. The molecule has 0 spiro atoms. The van der Waals surface area contributed by atoms with Gasteiger partial charge in [-0.05, 0) is 31.4 Å². The first-order valence-corrected chi connectivity index (χ1v) is 9.54. The largest absolute Gasteiger partial charge is 0.465 e. The van der Waals surface area contributed by atoms with E-state index in [1.54, 1.807) is 0 Å². The second-order valence-electron chi connectivity index (χ2n) is 6.60. The fraction of sp³-hybridized carbons (Fsp3) is 0.733. The number of sulfonamides is 1. The van der Waals surface area contributed by atoms with Crippen LogP contribution in [0.3, 0.4) is 0 Å². The molecule has 2 saturated heterocycles. The molecule has 0 radical (unpaired) electrons. The maximum Gasteiger partial charge on any atom is 0.209 e. The zero-order chi connectivity index (χ0) is 15.9. The molecule has 0 amide bonds. The molecule has 1 aromatic rings. The molecule has 3 atom stereocenters. The van der Waals surface area contributed by atoms with Gasteiger partial charge < -0.3 is 9.15 Å². The smallest absolute Gasteiger partial charge is 0.209 e. The summed E-state index contributed by atoms with van der Waals surface area (Å²) in [6, 6.07) is 1.96. The molecule has 0 aliphatic carbocycles. The van der Waals surface area contributed by atoms with Gasteiger partial charge in [-0.1, -0.05) is 0 Å². The van der Waals surface area contributed by atoms with Crippen molar-refractivity contribution in [2.45, 2.75) is 26.4 Å². The lowest BCUT2D eigenvalue weighted by Gasteiger charge is -2.32. The van der Waals surface area contributed by atoms with Gasteiger partial charge in [-0.15, -0.1) is 0 Å². The van der Waals surface area contributed by atoms with Crippen LogP contribution in [0.4, 0.5) is 0 Å². The molecule has 22 heavy (non-hydrogen) atoms. The number of nitrogens with one attached hydrogen (secondary N) is 1. The van der Waals surface area contributed by atoms with Gasteiger partial charge in [0.05, 0.1) is 26.0 Å². The Balaban J connectivity index is 1.66. The molecule has 124 valence electrons. The summed E-state index contributed by atoms with van der Waals surface area (Å²) in [6.45, 7) is 7.76. The van der Waals surface area contributed by atoms with Gasteiger partial charge in [0.25, 0.3) is 0 Å². The van der Waals surface area contributed by atoms with E-state index in [4.69, 9.17) is 9.15 Å². The quantitative estimate of drug-likeness (QED) is 0.889. The van der Waals surface area contributed by atoms with Crippen molar-refractivity contribution in [3.63, 3.8) is 0 Å². The van der Waals surface area contributed by atoms with Gasteiger partial charge in [-0.25, -0.2) is 13.1 Å². The average Bonchev–Trinajstić information content (AvgIpc) is 2.92. The molecule has 1 aromatic heterocycles. The third-order valence-corrected chi connectivity index (χ3v) is 5.41. The fourth-order valence-corrected chi connectivity index (χ4v) is 4.36. The van der Waals surface area contributed by atoms with Crippen molar-refractivity contribution in [3.8, 4) is 0 Å². The number of likely N-dealkylation sites (tertiary alicyclic amines) is 1. The Labute approximate surface area is 131 Å². The van der Waals surface area contributed by atoms with Gasteiger partial charge in [-0.3, -0.25) is 4.90 Å². The van der Waals surface area contributed by atoms with Crippen LogP contribution in [0.1, 0.15) is 17.1 Å². The van der Waals surface area contributed by atoms with E-state index in [2.05, 4.69) is 15.7 Å². The standard InChI is InChI=1S/C15H24N2O4S/c1-10-4-13(21-11(10)2)6-17-5-12-8-20-9-15(14(12)7-17)16-22(3,18)19/h4,12,14-16H,5-9H2,1-3H3/t12-,14-,15+/m1/s1. The summed E-state index contributed by atoms with van der Waals surface area (Å²) in [7, 11) is -3.21. The summed E-state index contributed by atoms with van der Waals surface area (Å²) in [5.41, 5.74) is 1.17. The highest BCUT2D eigenvalue weighted by Crippen LogP contribution is 2.31. The number of hydrogen-bond acceptors (Lipinski definition) is 5. The van der Waals surface area contributed by atoms with Crippen molar-refractivity contribution in [2.24, 2.45) is 11.8 Å². The van der Waals surface area contributed by atoms with Gasteiger partial charge >= 0.3 is 0 Å². The number of fused-ring (bicyclic) bond motifs is 1. The Bertz CT molecular complexity index is 620. The van der Waals surface area contributed by atoms with Crippen LogP contribution in [0.25, 0.3) is 0 Å². The number of nitrogens with zero attached hydrogens (tertiary/aromatic N) is 1. The number of furan rings is 1. The molecule has 2 aliphatic rings. The van der Waals surface area contributed by atoms with E-state index in [0.717, 1.165) is 31.2 Å². The van der Waals surface area contributed by atoms with Crippen LogP contribution in [0.2, 0.25) is 0 Å². The number of aryl methyl sites for hydroxylation is 2. The van der Waals surface area contributed by atoms with Crippen LogP contribution in [0.5, 0.6) is 0 Å². The monoisotopic (exact) mass is 328 g/mol. The molecule has 6 nitrogen and oxygen atoms in total. The zero-order valence-corrected chi connectivity index (χ0v) is 14.1. The molecule has 0 aromatic carbocycles. The molecule has 3 rings (SSSR count). The van der Waals surface area contributed by atoms with Crippen LogP contribution in [-0.4, -0.2) is 51.9 Å². The normalized spacial score (nSPS) is 29.7. The predicted octanol–water partition coefficient (Wildman–Crippen LogP) is 0.892. The lowest BCUT2D eigenvalue weighted by molar-refractivity contribution is 0.0164. The lowest BCUT2D eigenvalue weighted by Crippen LogP contribution is -2.49. The average molecular weight is 328 g/mol. The molecular formula is C15H24N2O4S. The summed E-state index contributed by atoms with van der Waals surface area (Å²) in [4.78, 5) is 2.33. The van der Waals surface area contributed by atoms with Gasteiger partial charge in [0.15, 0.2) is 0 Å². The summed E-state index contributed by atoms with van der Waals surface area (Å²) >= 11 is 0. The summed E-state index contributed by atoms with van der Waals surface area (Å²) in [5.74, 6) is 2.62. The topological polar surface area (TPSA) is 71.8 Å². The predicted molar refractivity (Wildman–Crippen MR) is 83.0 cm³/mol. The van der Waals surface area contributed by atoms with E-state index in [9.17, 15) is 8.42 Å². The lowest BCUT2D eigenvalue weighted by atomic mass is 9.88. The van der Waals surface area contributed by atoms with Crippen molar-refractivity contribution < 1.29 is 17.6 Å². The van der Waals surface area contributed by atoms with Crippen LogP contribution in [0.15, 0.2) is 10.5 Å². The molecule has 2 fully saturated rings. The van der Waals surface area contributed by atoms with Gasteiger partial charge in [-0.2, -0.15) is 0 Å². The fourth-order valence-electron chi connectivity index (χ4n) is 3.56. The van der Waals surface area contributed by atoms with Crippen LogP contribution >= 0.6 is 0 Å². The first-order valence-electron chi connectivity index (χ1n) is 7.65. The summed E-state index contributed by atoms with van der Waals surface area (Å²) < 4.78 is 37.1. The van der Waals surface area contributed by atoms with Crippen LogP contribution < -0.4 is 4.72 Å². The minimum absolute atomic E-state index is 0.126. The Hall–Kier alpha value is -0.890. The van der Waals surface area contributed by atoms with Crippen molar-refractivity contribution in [1.29, 1.82) is 0 Å². The van der Waals surface area contributed by atoms with Crippen molar-refractivity contribution in [2.75, 3.05) is 32.6 Å². The Morgan fingerprint density at radius 1 is 1.32 bits per heavy atom. The molecule has 2 aliphatic heterocycles. The van der Waals surface area contributed by atoms with E-state index < -0.39 is 10.0 Å². The first kappa shape index (κ1) is 16.0. The molecule has 0 bridgehead atoms. The Morgan fingerprint density at radius 3 is 2.73 bits per heavy atom. The minimum atomic E-state index is -3.21. The van der Waals surface area contributed by atoms with Gasteiger partial charge in [0.1, 0.15) is 11.5 Å². The minimum Gasteiger partial charge on any atom is -0.465 e. The highest BCUT2D eigenvalue weighted by Gasteiger charge is 2.42. The zero-order valence-electron chi connectivity index (χ0n) is 13.3. The highest BCUT2D eigenvalue weighted by atomic mass is 32.2. The third-order valence-electron chi connectivity index (χ3n) is 4.68. The summed E-state index contributed by atoms with van der Waals surface area (Å²) in [6.07, 6.45) is 1.21. The van der Waals surface area contributed by atoms with Gasteiger partial charge in [0, 0.05) is 25.0 Å². The second-order valence-corrected chi connectivity index (χ2v) is 8.38. The van der Waals surface area contributed by atoms with E-state index >= 15 is 0 Å². The maximum absolute atomic E-state index is 11.5. The van der Waals surface area contributed by atoms with E-state index in [0.29, 0.717) is 25.0 Å². The molecular weight excluding hydrogens is 304 g/mol. The molecule has 0 unspecified atom stereocenters. The maximum atomic E-state index is 11.5. The van der Waals surface area contributed by atoms with Crippen molar-refractivity contribution in [1.82, 2.24) is 9.62 Å². The molecule has 0 saturated carbocycles. The molecule has 3 heterocycles. The number of hydrogen-bond donors (Lipinski definition) is 1. The van der Waals surface area contributed by atoms with E-state index in [1.165, 1.54) is 11.8 Å². The number of rotatable bonds is 4. The third kappa shape index (κ3) is 3.53. The SMILES string of the molecule is Cc1cc(CN2C[C@@H]3COC[C@H](NS(C)(=O)=O)[C@@H]3C2)oc1C. The summed E-state index contributed by atoms with van der Waals surface area (Å²) in [5, 5.41) is 0. The number of ether oxygens (including phenoxy) is 1. The van der Waals surface area contributed by atoms with Crippen LogP contribution in [-0.2, 0) is 21.3 Å². The van der Waals surface area contributed by atoms with Gasteiger partial charge in [0.2, 0.25) is 10.0 Å². The van der Waals surface area contributed by atoms with E-state index in [-0.39, 0.29) is 6.04 Å². The Kier molecular flexibility index (Phi) is 4.33.